The summed E-state index contributed by atoms with van der Waals surface area (Å²) in [5, 5.41) is 5.66. The molecule has 0 saturated carbocycles. The summed E-state index contributed by atoms with van der Waals surface area (Å²) in [4.78, 5) is 28.8. The lowest BCUT2D eigenvalue weighted by molar-refractivity contribution is -0.119. The summed E-state index contributed by atoms with van der Waals surface area (Å²) in [5.41, 5.74) is 1.20. The number of nitrogens with zero attached hydrogens (tertiary/aromatic N) is 1. The molecule has 0 spiro atoms. The molecule has 1 aromatic heterocycles. The van der Waals surface area contributed by atoms with Crippen LogP contribution < -0.4 is 10.6 Å². The van der Waals surface area contributed by atoms with Gasteiger partial charge in [-0.25, -0.2) is 0 Å². The Hall–Kier alpha value is -2.69. The first kappa shape index (κ1) is 16.7. The van der Waals surface area contributed by atoms with Crippen LogP contribution in [0.3, 0.4) is 0 Å². The van der Waals surface area contributed by atoms with E-state index in [4.69, 9.17) is 0 Å². The molecule has 0 radical (unpaired) electrons. The maximum Gasteiger partial charge on any atom is 0.251 e. The third-order valence-corrected chi connectivity index (χ3v) is 3.77. The highest BCUT2D eigenvalue weighted by Gasteiger charge is 2.26. The van der Waals surface area contributed by atoms with E-state index >= 15 is 0 Å². The van der Waals surface area contributed by atoms with Gasteiger partial charge in [-0.05, 0) is 30.2 Å². The molecular formula is C18H21N3O2. The third-order valence-electron chi connectivity index (χ3n) is 3.77. The molecule has 0 aliphatic carbocycles. The summed E-state index contributed by atoms with van der Waals surface area (Å²) in [6.07, 6.45) is 4.00. The average molecular weight is 311 g/mol. The van der Waals surface area contributed by atoms with E-state index in [2.05, 4.69) is 15.6 Å². The number of carbonyl (C=O) groups is 2. The van der Waals surface area contributed by atoms with E-state index < -0.39 is 6.04 Å². The molecule has 2 N–H and O–H groups in total. The van der Waals surface area contributed by atoms with Crippen molar-refractivity contribution in [2.75, 3.05) is 5.32 Å². The van der Waals surface area contributed by atoms with Crippen molar-refractivity contribution in [2.45, 2.75) is 26.3 Å². The van der Waals surface area contributed by atoms with Gasteiger partial charge in [0.25, 0.3) is 5.91 Å². The number of hydrogen-bond donors (Lipinski definition) is 2. The Kier molecular flexibility index (Phi) is 5.86. The number of rotatable bonds is 6. The highest BCUT2D eigenvalue weighted by Crippen LogP contribution is 2.12. The second-order valence-corrected chi connectivity index (χ2v) is 5.43. The zero-order valence-corrected chi connectivity index (χ0v) is 13.3. The molecule has 2 atom stereocenters. The largest absolute Gasteiger partial charge is 0.340 e. The standard InChI is InChI=1S/C18H21N3O2/c1-3-13(2)16(18(23)20-15-9-11-19-12-10-15)21-17(22)14-7-5-4-6-8-14/h4-13,16H,3H2,1-2H3,(H,21,22)(H,19,20,23)/t13-,16-/m0/s1. The normalized spacial score (nSPS) is 13.0. The monoisotopic (exact) mass is 311 g/mol. The number of hydrogen-bond acceptors (Lipinski definition) is 3. The van der Waals surface area contributed by atoms with Crippen molar-refractivity contribution >= 4 is 17.5 Å². The fourth-order valence-electron chi connectivity index (χ4n) is 2.17. The third kappa shape index (κ3) is 4.64. The van der Waals surface area contributed by atoms with Gasteiger partial charge in [0.15, 0.2) is 0 Å². The second-order valence-electron chi connectivity index (χ2n) is 5.43. The van der Waals surface area contributed by atoms with E-state index in [9.17, 15) is 9.59 Å². The van der Waals surface area contributed by atoms with Crippen LogP contribution in [0.5, 0.6) is 0 Å². The van der Waals surface area contributed by atoms with E-state index in [-0.39, 0.29) is 17.7 Å². The Bertz CT molecular complexity index is 644. The quantitative estimate of drug-likeness (QED) is 0.861. The van der Waals surface area contributed by atoms with Gasteiger partial charge >= 0.3 is 0 Å². The van der Waals surface area contributed by atoms with E-state index in [1.54, 1.807) is 48.8 Å². The zero-order valence-electron chi connectivity index (χ0n) is 13.3. The van der Waals surface area contributed by atoms with Gasteiger partial charge in [0.05, 0.1) is 0 Å². The highest BCUT2D eigenvalue weighted by molar-refractivity contribution is 6.01. The SMILES string of the molecule is CC[C@H](C)[C@H](NC(=O)c1ccccc1)C(=O)Nc1ccncc1. The molecule has 1 aromatic carbocycles. The fraction of sp³-hybridized carbons (Fsp3) is 0.278. The van der Waals surface area contributed by atoms with Crippen LogP contribution in [0.1, 0.15) is 30.6 Å². The molecule has 5 heteroatoms. The number of pyridine rings is 1. The summed E-state index contributed by atoms with van der Waals surface area (Å²) >= 11 is 0. The van der Waals surface area contributed by atoms with Crippen LogP contribution in [0.15, 0.2) is 54.9 Å². The lowest BCUT2D eigenvalue weighted by atomic mass is 9.97. The van der Waals surface area contributed by atoms with Crippen molar-refractivity contribution in [3.05, 3.63) is 60.4 Å². The summed E-state index contributed by atoms with van der Waals surface area (Å²) < 4.78 is 0. The molecule has 1 heterocycles. The zero-order chi connectivity index (χ0) is 16.7. The van der Waals surface area contributed by atoms with E-state index in [0.29, 0.717) is 11.3 Å². The highest BCUT2D eigenvalue weighted by atomic mass is 16.2. The van der Waals surface area contributed by atoms with Crippen LogP contribution >= 0.6 is 0 Å². The van der Waals surface area contributed by atoms with Gasteiger partial charge in [-0.2, -0.15) is 0 Å². The Morgan fingerprint density at radius 3 is 2.35 bits per heavy atom. The van der Waals surface area contributed by atoms with Gasteiger partial charge in [0.2, 0.25) is 5.91 Å². The predicted molar refractivity (Wildman–Crippen MR) is 90.0 cm³/mol. The number of carbonyl (C=O) groups excluding carboxylic acids is 2. The molecule has 0 bridgehead atoms. The maximum absolute atomic E-state index is 12.5. The maximum atomic E-state index is 12.5. The Morgan fingerprint density at radius 1 is 1.09 bits per heavy atom. The van der Waals surface area contributed by atoms with Crippen LogP contribution in [0, 0.1) is 5.92 Å². The van der Waals surface area contributed by atoms with Crippen molar-refractivity contribution in [3.8, 4) is 0 Å². The lowest BCUT2D eigenvalue weighted by Crippen LogP contribution is -2.47. The van der Waals surface area contributed by atoms with Crippen LogP contribution in [0.4, 0.5) is 5.69 Å². The van der Waals surface area contributed by atoms with E-state index in [1.165, 1.54) is 0 Å². The number of amides is 2. The molecule has 5 nitrogen and oxygen atoms in total. The van der Waals surface area contributed by atoms with Crippen LogP contribution in [0.25, 0.3) is 0 Å². The molecule has 2 aromatic rings. The van der Waals surface area contributed by atoms with Crippen molar-refractivity contribution in [3.63, 3.8) is 0 Å². The second kappa shape index (κ2) is 8.08. The van der Waals surface area contributed by atoms with E-state index in [0.717, 1.165) is 6.42 Å². The first-order valence-corrected chi connectivity index (χ1v) is 7.68. The molecule has 2 rings (SSSR count). The van der Waals surface area contributed by atoms with Crippen molar-refractivity contribution in [1.29, 1.82) is 0 Å². The molecule has 0 unspecified atom stereocenters. The van der Waals surface area contributed by atoms with Gasteiger partial charge in [-0.1, -0.05) is 38.5 Å². The predicted octanol–water partition coefficient (Wildman–Crippen LogP) is 2.86. The Morgan fingerprint density at radius 2 is 1.74 bits per heavy atom. The van der Waals surface area contributed by atoms with Crippen LogP contribution in [-0.4, -0.2) is 22.8 Å². The van der Waals surface area contributed by atoms with Crippen LogP contribution in [-0.2, 0) is 4.79 Å². The number of benzene rings is 1. The summed E-state index contributed by atoms with van der Waals surface area (Å²) in [7, 11) is 0. The fourth-order valence-corrected chi connectivity index (χ4v) is 2.17. The minimum Gasteiger partial charge on any atom is -0.340 e. The Labute approximate surface area is 136 Å². The molecule has 0 aliphatic rings. The number of aromatic nitrogens is 1. The van der Waals surface area contributed by atoms with Crippen molar-refractivity contribution < 1.29 is 9.59 Å². The number of nitrogens with one attached hydrogen (secondary N) is 2. The van der Waals surface area contributed by atoms with E-state index in [1.807, 2.05) is 19.9 Å². The van der Waals surface area contributed by atoms with Gasteiger partial charge in [-0.15, -0.1) is 0 Å². The minimum atomic E-state index is -0.596. The van der Waals surface area contributed by atoms with Gasteiger partial charge in [-0.3, -0.25) is 14.6 Å². The first-order valence-electron chi connectivity index (χ1n) is 7.68. The number of anilines is 1. The van der Waals surface area contributed by atoms with Gasteiger partial charge < -0.3 is 10.6 Å². The molecule has 120 valence electrons. The first-order chi connectivity index (χ1) is 11.1. The van der Waals surface area contributed by atoms with Crippen molar-refractivity contribution in [2.24, 2.45) is 5.92 Å². The van der Waals surface area contributed by atoms with Gasteiger partial charge in [0.1, 0.15) is 6.04 Å². The molecule has 23 heavy (non-hydrogen) atoms. The van der Waals surface area contributed by atoms with Crippen LogP contribution in [0.2, 0.25) is 0 Å². The molecule has 0 fully saturated rings. The summed E-state index contributed by atoms with van der Waals surface area (Å²) in [6, 6.07) is 11.7. The molecular weight excluding hydrogens is 290 g/mol. The van der Waals surface area contributed by atoms with Crippen molar-refractivity contribution in [1.82, 2.24) is 10.3 Å². The van der Waals surface area contributed by atoms with Gasteiger partial charge in [0, 0.05) is 23.6 Å². The summed E-state index contributed by atoms with van der Waals surface area (Å²) in [6.45, 7) is 3.94. The average Bonchev–Trinajstić information content (AvgIpc) is 2.60. The smallest absolute Gasteiger partial charge is 0.251 e. The minimum absolute atomic E-state index is 0.0181. The topological polar surface area (TPSA) is 71.1 Å². The lowest BCUT2D eigenvalue weighted by Gasteiger charge is -2.23. The molecule has 0 saturated heterocycles. The molecule has 0 aliphatic heterocycles. The molecule has 2 amide bonds. The Balaban J connectivity index is 2.10. The summed E-state index contributed by atoms with van der Waals surface area (Å²) in [5.74, 6) is -0.458.